The number of unbranched alkanes of at least 4 members (excludes halogenated alkanes) is 1. The van der Waals surface area contributed by atoms with E-state index in [4.69, 9.17) is 4.74 Å². The van der Waals surface area contributed by atoms with Crippen LogP contribution in [0, 0.1) is 0 Å². The predicted octanol–water partition coefficient (Wildman–Crippen LogP) is 2.60. The number of para-hydroxylation sites is 2. The van der Waals surface area contributed by atoms with Crippen LogP contribution in [0.15, 0.2) is 58.3 Å². The fourth-order valence-corrected chi connectivity index (χ4v) is 4.79. The first-order chi connectivity index (χ1) is 14.1. The molecule has 0 aliphatic heterocycles. The van der Waals surface area contributed by atoms with E-state index in [9.17, 15) is 16.8 Å². The summed E-state index contributed by atoms with van der Waals surface area (Å²) in [5.41, 5.74) is 1.21. The zero-order valence-corrected chi connectivity index (χ0v) is 19.3. The molecule has 0 unspecified atom stereocenters. The van der Waals surface area contributed by atoms with E-state index >= 15 is 0 Å². The highest BCUT2D eigenvalue weighted by Crippen LogP contribution is 2.28. The van der Waals surface area contributed by atoms with Gasteiger partial charge in [-0.25, -0.2) is 21.1 Å². The van der Waals surface area contributed by atoms with Crippen molar-refractivity contribution in [3.8, 4) is 0 Å². The minimum absolute atomic E-state index is 0.0160. The average Bonchev–Trinajstić information content (AvgIpc) is 2.71. The first-order valence-electron chi connectivity index (χ1n) is 9.44. The standard InChI is InChI=1S/C20H29N3O5S2/c1-22(2)30(26,27)18-13-11-17(12-14-18)29(24,25)21-19-9-5-6-10-20(19)23(3)15-7-8-16-28-4/h5-6,9-14,21H,7-8,15-16H2,1-4H3. The van der Waals surface area contributed by atoms with Crippen molar-refractivity contribution in [2.45, 2.75) is 22.6 Å². The minimum atomic E-state index is -3.89. The van der Waals surface area contributed by atoms with Crippen LogP contribution in [-0.4, -0.2) is 62.5 Å². The molecule has 0 atom stereocenters. The molecule has 2 aromatic rings. The van der Waals surface area contributed by atoms with E-state index in [1.165, 1.54) is 38.4 Å². The molecule has 0 fully saturated rings. The molecule has 10 heteroatoms. The molecule has 0 heterocycles. The van der Waals surface area contributed by atoms with Crippen LogP contribution >= 0.6 is 0 Å². The average molecular weight is 456 g/mol. The van der Waals surface area contributed by atoms with E-state index in [-0.39, 0.29) is 9.79 Å². The summed E-state index contributed by atoms with van der Waals surface area (Å²) in [6.45, 7) is 1.43. The first kappa shape index (κ1) is 24.1. The van der Waals surface area contributed by atoms with Crippen molar-refractivity contribution in [1.29, 1.82) is 0 Å². The Morgan fingerprint density at radius 1 is 0.867 bits per heavy atom. The smallest absolute Gasteiger partial charge is 0.261 e. The molecule has 2 aromatic carbocycles. The maximum Gasteiger partial charge on any atom is 0.261 e. The van der Waals surface area contributed by atoms with Crippen LogP contribution in [0.4, 0.5) is 11.4 Å². The molecule has 0 amide bonds. The summed E-state index contributed by atoms with van der Waals surface area (Å²) >= 11 is 0. The monoisotopic (exact) mass is 455 g/mol. The lowest BCUT2D eigenvalue weighted by molar-refractivity contribution is 0.193. The number of nitrogens with one attached hydrogen (secondary N) is 1. The number of benzene rings is 2. The topological polar surface area (TPSA) is 96.0 Å². The zero-order valence-electron chi connectivity index (χ0n) is 17.7. The van der Waals surface area contributed by atoms with Gasteiger partial charge in [-0.2, -0.15) is 0 Å². The van der Waals surface area contributed by atoms with Gasteiger partial charge in [-0.05, 0) is 49.2 Å². The quantitative estimate of drug-likeness (QED) is 0.523. The molecule has 1 N–H and O–H groups in total. The van der Waals surface area contributed by atoms with Crippen molar-refractivity contribution in [2.75, 3.05) is 51.0 Å². The number of rotatable bonds is 11. The molecule has 0 aromatic heterocycles. The van der Waals surface area contributed by atoms with E-state index in [2.05, 4.69) is 4.72 Å². The molecule has 0 saturated carbocycles. The number of ether oxygens (including phenoxy) is 1. The highest BCUT2D eigenvalue weighted by Gasteiger charge is 2.21. The fraction of sp³-hybridized carbons (Fsp3) is 0.400. The summed E-state index contributed by atoms with van der Waals surface area (Å²) in [4.78, 5) is 2.00. The first-order valence-corrected chi connectivity index (χ1v) is 12.4. The Morgan fingerprint density at radius 3 is 2.07 bits per heavy atom. The molecule has 30 heavy (non-hydrogen) atoms. The van der Waals surface area contributed by atoms with Crippen LogP contribution in [-0.2, 0) is 24.8 Å². The molecule has 166 valence electrons. The van der Waals surface area contributed by atoms with Crippen LogP contribution in [0.5, 0.6) is 0 Å². The lowest BCUT2D eigenvalue weighted by atomic mass is 10.2. The molecule has 0 aliphatic rings. The zero-order chi connectivity index (χ0) is 22.4. The third-order valence-corrected chi connectivity index (χ3v) is 7.77. The summed E-state index contributed by atoms with van der Waals surface area (Å²) in [5, 5.41) is 0. The molecule has 0 bridgehead atoms. The van der Waals surface area contributed by atoms with Gasteiger partial charge in [-0.3, -0.25) is 4.72 Å². The molecule has 0 spiro atoms. The van der Waals surface area contributed by atoms with Crippen molar-refractivity contribution in [3.05, 3.63) is 48.5 Å². The number of hydrogen-bond acceptors (Lipinski definition) is 6. The van der Waals surface area contributed by atoms with Gasteiger partial charge in [0.1, 0.15) is 0 Å². The third-order valence-electron chi connectivity index (χ3n) is 4.56. The van der Waals surface area contributed by atoms with Crippen molar-refractivity contribution in [3.63, 3.8) is 0 Å². The molecule has 2 rings (SSSR count). The Balaban J connectivity index is 2.21. The summed E-state index contributed by atoms with van der Waals surface area (Å²) in [7, 11) is -1.10. The van der Waals surface area contributed by atoms with Crippen molar-refractivity contribution in [2.24, 2.45) is 0 Å². The Morgan fingerprint density at radius 2 is 1.47 bits per heavy atom. The van der Waals surface area contributed by atoms with Crippen molar-refractivity contribution in [1.82, 2.24) is 4.31 Å². The lowest BCUT2D eigenvalue weighted by Gasteiger charge is -2.23. The van der Waals surface area contributed by atoms with Crippen molar-refractivity contribution < 1.29 is 21.6 Å². The Hall–Kier alpha value is -2.14. The van der Waals surface area contributed by atoms with Gasteiger partial charge in [0.2, 0.25) is 10.0 Å². The van der Waals surface area contributed by atoms with Crippen LogP contribution in [0.25, 0.3) is 0 Å². The number of methoxy groups -OCH3 is 1. The van der Waals surface area contributed by atoms with E-state index in [1.54, 1.807) is 19.2 Å². The Kier molecular flexibility index (Phi) is 8.25. The van der Waals surface area contributed by atoms with Crippen LogP contribution in [0.2, 0.25) is 0 Å². The maximum atomic E-state index is 12.9. The molecular weight excluding hydrogens is 426 g/mol. The van der Waals surface area contributed by atoms with E-state index in [1.807, 2.05) is 24.1 Å². The number of hydrogen-bond donors (Lipinski definition) is 1. The predicted molar refractivity (Wildman–Crippen MR) is 119 cm³/mol. The van der Waals surface area contributed by atoms with Crippen LogP contribution < -0.4 is 9.62 Å². The lowest BCUT2D eigenvalue weighted by Crippen LogP contribution is -2.23. The molecule has 0 aliphatic carbocycles. The second kappa shape index (κ2) is 10.3. The maximum absolute atomic E-state index is 12.9. The highest BCUT2D eigenvalue weighted by atomic mass is 32.2. The van der Waals surface area contributed by atoms with Gasteiger partial charge in [0.05, 0.1) is 21.2 Å². The number of nitrogens with zero attached hydrogens (tertiary/aromatic N) is 2. The van der Waals surface area contributed by atoms with Gasteiger partial charge in [-0.1, -0.05) is 12.1 Å². The number of sulfonamides is 2. The summed E-state index contributed by atoms with van der Waals surface area (Å²) < 4.78 is 58.8. The minimum Gasteiger partial charge on any atom is -0.385 e. The van der Waals surface area contributed by atoms with Gasteiger partial charge in [0, 0.05) is 41.4 Å². The molecular formula is C20H29N3O5S2. The van der Waals surface area contributed by atoms with Crippen molar-refractivity contribution >= 4 is 31.4 Å². The molecule has 0 saturated heterocycles. The third kappa shape index (κ3) is 5.94. The van der Waals surface area contributed by atoms with E-state index in [0.717, 1.165) is 29.4 Å². The van der Waals surface area contributed by atoms with Gasteiger partial charge in [0.25, 0.3) is 10.0 Å². The van der Waals surface area contributed by atoms with E-state index in [0.29, 0.717) is 12.3 Å². The highest BCUT2D eigenvalue weighted by molar-refractivity contribution is 7.92. The second-order valence-corrected chi connectivity index (χ2v) is 10.8. The number of anilines is 2. The van der Waals surface area contributed by atoms with Crippen LogP contribution in [0.1, 0.15) is 12.8 Å². The van der Waals surface area contributed by atoms with Gasteiger partial charge >= 0.3 is 0 Å². The molecule has 8 nitrogen and oxygen atoms in total. The van der Waals surface area contributed by atoms with Crippen LogP contribution in [0.3, 0.4) is 0 Å². The second-order valence-electron chi connectivity index (χ2n) is 7.00. The Bertz CT molecular complexity index is 1040. The summed E-state index contributed by atoms with van der Waals surface area (Å²) in [6, 6.07) is 12.3. The molecule has 0 radical (unpaired) electrons. The van der Waals surface area contributed by atoms with Gasteiger partial charge in [-0.15, -0.1) is 0 Å². The SMILES string of the molecule is COCCCCN(C)c1ccccc1NS(=O)(=O)c1ccc(S(=O)(=O)N(C)C)cc1. The Labute approximate surface area is 179 Å². The summed E-state index contributed by atoms with van der Waals surface area (Å²) in [6.07, 6.45) is 1.82. The fourth-order valence-electron chi connectivity index (χ4n) is 2.81. The normalized spacial score (nSPS) is 12.2. The van der Waals surface area contributed by atoms with Gasteiger partial charge < -0.3 is 9.64 Å². The largest absolute Gasteiger partial charge is 0.385 e. The van der Waals surface area contributed by atoms with Gasteiger partial charge in [0.15, 0.2) is 0 Å². The summed E-state index contributed by atoms with van der Waals surface area (Å²) in [5.74, 6) is 0. The van der Waals surface area contributed by atoms with E-state index < -0.39 is 20.0 Å².